The van der Waals surface area contributed by atoms with Crippen LogP contribution >= 0.6 is 0 Å². The van der Waals surface area contributed by atoms with E-state index in [1.165, 1.54) is 302 Å². The Hall–Kier alpha value is -1.69. The van der Waals surface area contributed by atoms with E-state index in [0.717, 1.165) is 38.5 Å². The van der Waals surface area contributed by atoms with E-state index in [4.69, 9.17) is 0 Å². The molecule has 0 aliphatic rings. The molecule has 0 aliphatic carbocycles. The van der Waals surface area contributed by atoms with Crippen LogP contribution in [0.5, 0.6) is 0 Å². The molecule has 1 amide bonds. The minimum absolute atomic E-state index is 0.00363. The standard InChI is InChI=1S/C70H133NO4/c1-3-5-7-9-11-13-15-17-19-21-23-25-27-28-29-30-31-32-33-34-35-36-37-38-39-40-42-43-45-47-49-51-53-55-57-59-61-63-67(73)65-70(75)71-68(66-72)69(74)64-62-60-58-56-54-52-50-48-46-44-41-26-24-22-20-18-16-14-12-10-8-6-4-2/h34-35,46,48,54,56,62,64,67-69,72-74H,3-33,36-45,47,49-53,55,57-61,63,65-66H2,1-2H3,(H,71,75)/b35-34-,48-46+,56-54+,64-62+. The number of aliphatic hydroxyl groups is 3. The molecule has 5 nitrogen and oxygen atoms in total. The van der Waals surface area contributed by atoms with E-state index in [1.807, 2.05) is 6.08 Å². The molecule has 3 atom stereocenters. The lowest BCUT2D eigenvalue weighted by Gasteiger charge is -2.21. The number of nitrogens with one attached hydrogen (secondary N) is 1. The zero-order valence-electron chi connectivity index (χ0n) is 50.7. The Morgan fingerprint density at radius 2 is 0.573 bits per heavy atom. The van der Waals surface area contributed by atoms with E-state index in [-0.39, 0.29) is 18.9 Å². The van der Waals surface area contributed by atoms with Crippen LogP contribution in [0.15, 0.2) is 48.6 Å². The summed E-state index contributed by atoms with van der Waals surface area (Å²) in [6, 6.07) is -0.770. The zero-order chi connectivity index (χ0) is 54.3. The molecule has 0 saturated carbocycles. The van der Waals surface area contributed by atoms with Crippen LogP contribution in [0, 0.1) is 0 Å². The predicted molar refractivity (Wildman–Crippen MR) is 333 cm³/mol. The molecule has 0 heterocycles. The van der Waals surface area contributed by atoms with Crippen molar-refractivity contribution in [1.29, 1.82) is 0 Å². The number of hydrogen-bond acceptors (Lipinski definition) is 4. The van der Waals surface area contributed by atoms with Crippen molar-refractivity contribution in [2.45, 2.75) is 385 Å². The van der Waals surface area contributed by atoms with Gasteiger partial charge in [-0.1, -0.05) is 339 Å². The van der Waals surface area contributed by atoms with Gasteiger partial charge in [-0.05, 0) is 70.6 Å². The first-order chi connectivity index (χ1) is 37.0. The van der Waals surface area contributed by atoms with E-state index >= 15 is 0 Å². The van der Waals surface area contributed by atoms with E-state index in [2.05, 4.69) is 55.6 Å². The average Bonchev–Trinajstić information content (AvgIpc) is 3.41. The minimum atomic E-state index is -0.962. The normalized spacial score (nSPS) is 13.4. The largest absolute Gasteiger partial charge is 0.394 e. The van der Waals surface area contributed by atoms with Crippen LogP contribution in [0.1, 0.15) is 367 Å². The number of amides is 1. The SMILES string of the molecule is CCCCCCCCCCCCCCC/C=C/CC/C=C/CC/C=C/C(O)C(CO)NC(=O)CC(O)CCCCCCCCCCCCCCCCC/C=C\CCCCCCCCCCCCCCCCCCCC. The summed E-state index contributed by atoms with van der Waals surface area (Å²) in [5.74, 6) is -0.325. The highest BCUT2D eigenvalue weighted by atomic mass is 16.3. The molecule has 0 aliphatic heterocycles. The van der Waals surface area contributed by atoms with Crippen LogP contribution in [0.4, 0.5) is 0 Å². The second-order valence-corrected chi connectivity index (χ2v) is 23.4. The highest BCUT2D eigenvalue weighted by Crippen LogP contribution is 2.18. The van der Waals surface area contributed by atoms with Crippen molar-refractivity contribution in [1.82, 2.24) is 5.32 Å². The van der Waals surface area contributed by atoms with Gasteiger partial charge in [0.15, 0.2) is 0 Å². The molecule has 3 unspecified atom stereocenters. The lowest BCUT2D eigenvalue weighted by Crippen LogP contribution is -2.45. The molecule has 0 aromatic rings. The van der Waals surface area contributed by atoms with Crippen LogP contribution in [-0.2, 0) is 4.79 Å². The summed E-state index contributed by atoms with van der Waals surface area (Å²) in [5, 5.41) is 33.5. The molecule has 0 bridgehead atoms. The molecule has 442 valence electrons. The zero-order valence-corrected chi connectivity index (χ0v) is 50.7. The fraction of sp³-hybridized carbons (Fsp3) is 0.871. The summed E-state index contributed by atoms with van der Waals surface area (Å²) in [5.41, 5.74) is 0. The van der Waals surface area contributed by atoms with Gasteiger partial charge >= 0.3 is 0 Å². The molecule has 0 radical (unpaired) electrons. The maximum Gasteiger partial charge on any atom is 0.222 e. The van der Waals surface area contributed by atoms with Gasteiger partial charge in [-0.25, -0.2) is 0 Å². The molecule has 0 aromatic heterocycles. The van der Waals surface area contributed by atoms with Crippen LogP contribution in [0.3, 0.4) is 0 Å². The van der Waals surface area contributed by atoms with Gasteiger partial charge in [-0.3, -0.25) is 4.79 Å². The number of aliphatic hydroxyl groups excluding tert-OH is 3. The lowest BCUT2D eigenvalue weighted by atomic mass is 10.0. The Morgan fingerprint density at radius 3 is 0.853 bits per heavy atom. The van der Waals surface area contributed by atoms with Crippen LogP contribution < -0.4 is 5.32 Å². The maximum absolute atomic E-state index is 12.6. The summed E-state index contributed by atoms with van der Waals surface area (Å²) in [4.78, 5) is 12.6. The van der Waals surface area contributed by atoms with Crippen molar-refractivity contribution in [2.75, 3.05) is 6.61 Å². The van der Waals surface area contributed by atoms with Gasteiger partial charge in [0, 0.05) is 0 Å². The van der Waals surface area contributed by atoms with Crippen molar-refractivity contribution in [2.24, 2.45) is 0 Å². The summed E-state index contributed by atoms with van der Waals surface area (Å²) in [6.07, 6.45) is 87.9. The first-order valence-electron chi connectivity index (χ1n) is 33.9. The summed E-state index contributed by atoms with van der Waals surface area (Å²) < 4.78 is 0. The highest BCUT2D eigenvalue weighted by Gasteiger charge is 2.20. The van der Waals surface area contributed by atoms with Gasteiger partial charge in [-0.2, -0.15) is 0 Å². The Balaban J connectivity index is 3.52. The molecule has 0 fully saturated rings. The second-order valence-electron chi connectivity index (χ2n) is 23.4. The summed E-state index contributed by atoms with van der Waals surface area (Å²) in [6.45, 7) is 4.24. The molecule has 0 saturated heterocycles. The maximum atomic E-state index is 12.6. The van der Waals surface area contributed by atoms with Crippen molar-refractivity contribution in [3.8, 4) is 0 Å². The molecule has 0 aromatic carbocycles. The highest BCUT2D eigenvalue weighted by molar-refractivity contribution is 5.76. The van der Waals surface area contributed by atoms with Crippen molar-refractivity contribution in [3.05, 3.63) is 48.6 Å². The lowest BCUT2D eigenvalue weighted by molar-refractivity contribution is -0.124. The van der Waals surface area contributed by atoms with Gasteiger partial charge in [0.05, 0.1) is 31.3 Å². The summed E-state index contributed by atoms with van der Waals surface area (Å²) in [7, 11) is 0. The smallest absolute Gasteiger partial charge is 0.222 e. The third kappa shape index (κ3) is 61.4. The van der Waals surface area contributed by atoms with Gasteiger partial charge < -0.3 is 20.6 Å². The predicted octanol–water partition coefficient (Wildman–Crippen LogP) is 21.9. The molecule has 0 spiro atoms. The molecular formula is C70H133NO4. The quantitative estimate of drug-likeness (QED) is 0.0361. The Kier molecular flexibility index (Phi) is 63.4. The molecule has 4 N–H and O–H groups in total. The topological polar surface area (TPSA) is 89.8 Å². The van der Waals surface area contributed by atoms with Gasteiger partial charge in [0.2, 0.25) is 5.91 Å². The minimum Gasteiger partial charge on any atom is -0.394 e. The molecular weight excluding hydrogens is 919 g/mol. The summed E-state index contributed by atoms with van der Waals surface area (Å²) >= 11 is 0. The number of carbonyl (C=O) groups excluding carboxylic acids is 1. The fourth-order valence-electron chi connectivity index (χ4n) is 10.7. The van der Waals surface area contributed by atoms with Crippen LogP contribution in [-0.4, -0.2) is 46.1 Å². The van der Waals surface area contributed by atoms with Crippen molar-refractivity contribution in [3.63, 3.8) is 0 Å². The third-order valence-electron chi connectivity index (χ3n) is 15.8. The number of unbranched alkanes of at least 4 members (excludes halogenated alkanes) is 48. The molecule has 0 rings (SSSR count). The Morgan fingerprint density at radius 1 is 0.333 bits per heavy atom. The van der Waals surface area contributed by atoms with Crippen LogP contribution in [0.2, 0.25) is 0 Å². The second kappa shape index (κ2) is 64.8. The number of hydrogen-bond donors (Lipinski definition) is 4. The first-order valence-corrected chi connectivity index (χ1v) is 33.9. The Bertz CT molecular complexity index is 1210. The van der Waals surface area contributed by atoms with E-state index < -0.39 is 18.2 Å². The van der Waals surface area contributed by atoms with Crippen molar-refractivity contribution < 1.29 is 20.1 Å². The first kappa shape index (κ1) is 73.3. The fourth-order valence-corrected chi connectivity index (χ4v) is 10.7. The number of allylic oxidation sites excluding steroid dienone is 7. The monoisotopic (exact) mass is 1050 g/mol. The van der Waals surface area contributed by atoms with Crippen molar-refractivity contribution >= 4 is 5.91 Å². The van der Waals surface area contributed by atoms with Gasteiger partial charge in [-0.15, -0.1) is 0 Å². The average molecular weight is 1050 g/mol. The van der Waals surface area contributed by atoms with E-state index in [0.29, 0.717) is 6.42 Å². The van der Waals surface area contributed by atoms with Crippen LogP contribution in [0.25, 0.3) is 0 Å². The van der Waals surface area contributed by atoms with Gasteiger partial charge in [0.1, 0.15) is 0 Å². The number of rotatable bonds is 63. The van der Waals surface area contributed by atoms with Gasteiger partial charge in [0.25, 0.3) is 0 Å². The number of carbonyl (C=O) groups is 1. The molecule has 75 heavy (non-hydrogen) atoms. The van der Waals surface area contributed by atoms with E-state index in [1.54, 1.807) is 6.08 Å². The third-order valence-corrected chi connectivity index (χ3v) is 15.8. The molecule has 5 heteroatoms. The Labute approximate surface area is 469 Å². The van der Waals surface area contributed by atoms with E-state index in [9.17, 15) is 20.1 Å².